The fourth-order valence-electron chi connectivity index (χ4n) is 5.55. The monoisotopic (exact) mass is 516 g/mol. The minimum atomic E-state index is -0.667. The SMILES string of the molecule is CN(C)CC(O)Cn1cc(C2=C(c3c[nH]c4ccc5c(c34)OCO5)C(=O)NC2=O)c2c3c(ccc21)OCO3. The number of aromatic amines is 1. The third-order valence-electron chi connectivity index (χ3n) is 7.01. The van der Waals surface area contributed by atoms with Crippen LogP contribution in [0.5, 0.6) is 23.0 Å². The number of nitrogens with one attached hydrogen (secondary N) is 2. The van der Waals surface area contributed by atoms with Gasteiger partial charge in [-0.2, -0.15) is 0 Å². The topological polar surface area (TPSA) is 127 Å². The molecule has 1 unspecified atom stereocenters. The molecule has 0 fully saturated rings. The van der Waals surface area contributed by atoms with E-state index in [2.05, 4.69) is 10.3 Å². The lowest BCUT2D eigenvalue weighted by Crippen LogP contribution is -2.29. The zero-order chi connectivity index (χ0) is 26.1. The Labute approximate surface area is 216 Å². The van der Waals surface area contributed by atoms with E-state index in [0.29, 0.717) is 51.4 Å². The van der Waals surface area contributed by atoms with Gasteiger partial charge in [0.05, 0.1) is 39.1 Å². The molecule has 11 heteroatoms. The second kappa shape index (κ2) is 8.27. The van der Waals surface area contributed by atoms with E-state index in [9.17, 15) is 14.7 Å². The Morgan fingerprint density at radius 3 is 2.29 bits per heavy atom. The number of nitrogens with zero attached hydrogens (tertiary/aromatic N) is 2. The van der Waals surface area contributed by atoms with Crippen molar-refractivity contribution in [3.8, 4) is 23.0 Å². The number of fused-ring (bicyclic) bond motifs is 6. The van der Waals surface area contributed by atoms with Gasteiger partial charge < -0.3 is 38.5 Å². The van der Waals surface area contributed by atoms with Crippen LogP contribution < -0.4 is 24.3 Å². The summed E-state index contributed by atoms with van der Waals surface area (Å²) < 4.78 is 24.6. The number of hydrogen-bond acceptors (Lipinski definition) is 8. The van der Waals surface area contributed by atoms with Crippen LogP contribution in [0.1, 0.15) is 11.1 Å². The zero-order valence-corrected chi connectivity index (χ0v) is 20.7. The van der Waals surface area contributed by atoms with Gasteiger partial charge in [-0.25, -0.2) is 0 Å². The Kier molecular flexibility index (Phi) is 4.94. The normalized spacial score (nSPS) is 16.9. The molecule has 5 heterocycles. The van der Waals surface area contributed by atoms with Gasteiger partial charge in [-0.3, -0.25) is 14.9 Å². The summed E-state index contributed by atoms with van der Waals surface area (Å²) in [7, 11) is 3.78. The number of likely N-dealkylation sites (N-methyl/N-ethyl adjacent to an activating group) is 1. The molecule has 194 valence electrons. The molecule has 2 aromatic heterocycles. The van der Waals surface area contributed by atoms with Crippen LogP contribution in [0.15, 0.2) is 36.7 Å². The van der Waals surface area contributed by atoms with Gasteiger partial charge in [0.15, 0.2) is 23.0 Å². The highest BCUT2D eigenvalue weighted by molar-refractivity contribution is 6.51. The smallest absolute Gasteiger partial charge is 0.259 e. The van der Waals surface area contributed by atoms with Crippen LogP contribution in [0.3, 0.4) is 0 Å². The predicted octanol–water partition coefficient (Wildman–Crippen LogP) is 2.07. The number of H-pyrrole nitrogens is 1. The van der Waals surface area contributed by atoms with Crippen molar-refractivity contribution in [2.24, 2.45) is 0 Å². The summed E-state index contributed by atoms with van der Waals surface area (Å²) in [5, 5.41) is 14.5. The van der Waals surface area contributed by atoms with E-state index in [-0.39, 0.29) is 31.3 Å². The number of aromatic nitrogens is 2. The predicted molar refractivity (Wildman–Crippen MR) is 137 cm³/mol. The maximum absolute atomic E-state index is 13.4. The third-order valence-corrected chi connectivity index (χ3v) is 7.01. The van der Waals surface area contributed by atoms with Crippen LogP contribution >= 0.6 is 0 Å². The fraction of sp³-hybridized carbons (Fsp3) is 0.259. The van der Waals surface area contributed by atoms with Gasteiger partial charge in [0.2, 0.25) is 13.6 Å². The van der Waals surface area contributed by atoms with Crippen LogP contribution in [0.4, 0.5) is 0 Å². The average Bonchev–Trinajstić information content (AvgIpc) is 3.67. The highest BCUT2D eigenvalue weighted by atomic mass is 16.7. The fourth-order valence-corrected chi connectivity index (χ4v) is 5.55. The van der Waals surface area contributed by atoms with Crippen molar-refractivity contribution < 1.29 is 33.6 Å². The first-order valence-corrected chi connectivity index (χ1v) is 12.2. The van der Waals surface area contributed by atoms with E-state index < -0.39 is 17.9 Å². The molecule has 4 aromatic rings. The maximum Gasteiger partial charge on any atom is 0.259 e. The highest BCUT2D eigenvalue weighted by Gasteiger charge is 2.37. The van der Waals surface area contributed by atoms with Crippen molar-refractivity contribution in [3.63, 3.8) is 0 Å². The van der Waals surface area contributed by atoms with E-state index >= 15 is 0 Å². The summed E-state index contributed by atoms with van der Waals surface area (Å²) in [4.78, 5) is 31.8. The molecule has 0 saturated carbocycles. The number of carbonyl (C=O) groups is 2. The summed E-state index contributed by atoms with van der Waals surface area (Å²) >= 11 is 0. The van der Waals surface area contributed by atoms with E-state index in [1.165, 1.54) is 0 Å². The molecule has 38 heavy (non-hydrogen) atoms. The number of aliphatic hydroxyl groups is 1. The molecule has 0 aliphatic carbocycles. The molecular weight excluding hydrogens is 492 g/mol. The van der Waals surface area contributed by atoms with Crippen LogP contribution in [0, 0.1) is 0 Å². The maximum atomic E-state index is 13.4. The summed E-state index contributed by atoms with van der Waals surface area (Å²) in [6, 6.07) is 7.32. The lowest BCUT2D eigenvalue weighted by atomic mass is 9.95. The van der Waals surface area contributed by atoms with Gasteiger partial charge in [0, 0.05) is 36.6 Å². The molecule has 2 amide bonds. The molecular formula is C27H24N4O7. The standard InChI is InChI=1S/C27H24N4O7/c1-30(2)8-13(32)9-31-10-15(21-17(31)4-6-19-25(21)38-12-36-19)23-22(26(33)29-27(23)34)14-7-28-16-3-5-18-24(20(14)16)37-11-35-18/h3-7,10,13,28,32H,8-9,11-12H2,1-2H3,(H,29,33,34). The largest absolute Gasteiger partial charge is 0.454 e. The minimum Gasteiger partial charge on any atom is -0.454 e. The Morgan fingerprint density at radius 2 is 1.58 bits per heavy atom. The number of aliphatic hydroxyl groups excluding tert-OH is 1. The molecule has 3 aliphatic rings. The van der Waals surface area contributed by atoms with Gasteiger partial charge in [-0.1, -0.05) is 0 Å². The second-order valence-corrected chi connectivity index (χ2v) is 9.76. The average molecular weight is 517 g/mol. The van der Waals surface area contributed by atoms with Crippen molar-refractivity contribution in [3.05, 3.63) is 47.8 Å². The van der Waals surface area contributed by atoms with E-state index in [4.69, 9.17) is 18.9 Å². The van der Waals surface area contributed by atoms with Crippen molar-refractivity contribution >= 4 is 44.8 Å². The molecule has 2 aromatic carbocycles. The summed E-state index contributed by atoms with van der Waals surface area (Å²) in [6.45, 7) is 0.848. The van der Waals surface area contributed by atoms with Crippen molar-refractivity contribution in [2.75, 3.05) is 34.2 Å². The number of amides is 2. The Bertz CT molecular complexity index is 1700. The van der Waals surface area contributed by atoms with Gasteiger partial charge >= 0.3 is 0 Å². The zero-order valence-electron chi connectivity index (χ0n) is 20.7. The van der Waals surface area contributed by atoms with Crippen molar-refractivity contribution in [2.45, 2.75) is 12.6 Å². The lowest BCUT2D eigenvalue weighted by molar-refractivity contribution is -0.122. The number of ether oxygens (including phenoxy) is 4. The molecule has 0 saturated heterocycles. The Balaban J connectivity index is 1.49. The van der Waals surface area contributed by atoms with Crippen LogP contribution in [-0.2, 0) is 16.1 Å². The first-order chi connectivity index (χ1) is 18.4. The molecule has 0 spiro atoms. The molecule has 11 nitrogen and oxygen atoms in total. The van der Waals surface area contributed by atoms with Gasteiger partial charge in [0.1, 0.15) is 0 Å². The number of carbonyl (C=O) groups excluding carboxylic acids is 2. The van der Waals surface area contributed by atoms with E-state index in [0.717, 1.165) is 11.0 Å². The molecule has 7 rings (SSSR count). The quantitative estimate of drug-likeness (QED) is 0.333. The summed E-state index contributed by atoms with van der Waals surface area (Å²) in [6.07, 6.45) is 2.82. The lowest BCUT2D eigenvalue weighted by Gasteiger charge is -2.17. The van der Waals surface area contributed by atoms with E-state index in [1.807, 2.05) is 35.7 Å². The van der Waals surface area contributed by atoms with Crippen LogP contribution in [0.2, 0.25) is 0 Å². The summed E-state index contributed by atoms with van der Waals surface area (Å²) in [5.41, 5.74) is 2.96. The van der Waals surface area contributed by atoms with Gasteiger partial charge in [-0.15, -0.1) is 0 Å². The second-order valence-electron chi connectivity index (χ2n) is 9.76. The third kappa shape index (κ3) is 3.29. The number of benzene rings is 2. The minimum absolute atomic E-state index is 0.0469. The summed E-state index contributed by atoms with van der Waals surface area (Å²) in [5.74, 6) is 1.10. The first-order valence-electron chi connectivity index (χ1n) is 12.2. The molecule has 1 atom stereocenters. The Hall–Kier alpha value is -4.48. The number of hydrogen-bond donors (Lipinski definition) is 3. The van der Waals surface area contributed by atoms with Gasteiger partial charge in [-0.05, 0) is 38.4 Å². The van der Waals surface area contributed by atoms with Crippen molar-refractivity contribution in [1.29, 1.82) is 0 Å². The molecule has 3 N–H and O–H groups in total. The number of imide groups is 1. The molecule has 0 bridgehead atoms. The highest BCUT2D eigenvalue weighted by Crippen LogP contribution is 2.48. The van der Waals surface area contributed by atoms with Crippen molar-refractivity contribution in [1.82, 2.24) is 19.8 Å². The van der Waals surface area contributed by atoms with Gasteiger partial charge in [0.25, 0.3) is 11.8 Å². The molecule has 3 aliphatic heterocycles. The number of rotatable bonds is 6. The van der Waals surface area contributed by atoms with Crippen LogP contribution in [0.25, 0.3) is 33.0 Å². The Morgan fingerprint density at radius 1 is 0.921 bits per heavy atom. The van der Waals surface area contributed by atoms with Crippen LogP contribution in [-0.4, -0.2) is 71.7 Å². The molecule has 0 radical (unpaired) electrons. The van der Waals surface area contributed by atoms with E-state index in [1.54, 1.807) is 24.5 Å². The first kappa shape index (κ1) is 22.7.